The van der Waals surface area contributed by atoms with Crippen LogP contribution < -0.4 is 11.1 Å². The Balaban J connectivity index is 1.44. The van der Waals surface area contributed by atoms with Crippen LogP contribution in [0.5, 0.6) is 0 Å². The number of fused-ring (bicyclic) bond motifs is 1. The first kappa shape index (κ1) is 15.1. The molecule has 0 bridgehead atoms. The Kier molecular flexibility index (Phi) is 3.77. The number of hydrogen-bond donors (Lipinski definition) is 3. The van der Waals surface area contributed by atoms with Crippen molar-refractivity contribution in [2.75, 3.05) is 11.1 Å². The molecule has 0 radical (unpaired) electrons. The first-order valence-electron chi connectivity index (χ1n) is 7.70. The number of anilines is 2. The van der Waals surface area contributed by atoms with Gasteiger partial charge in [-0.15, -0.1) is 5.10 Å². The number of nitrogens with zero attached hydrogens (tertiary/aromatic N) is 3. The lowest BCUT2D eigenvalue weighted by molar-refractivity contribution is 0.516. The molecule has 2 aromatic heterocycles. The van der Waals surface area contributed by atoms with Gasteiger partial charge in [0.05, 0.1) is 11.9 Å². The van der Waals surface area contributed by atoms with Crippen molar-refractivity contribution in [3.63, 3.8) is 0 Å². The molecule has 0 aliphatic heterocycles. The minimum absolute atomic E-state index is 0.278. The molecule has 126 valence electrons. The van der Waals surface area contributed by atoms with E-state index in [4.69, 9.17) is 10.2 Å². The number of hydrogen-bond acceptors (Lipinski definition) is 6. The second kappa shape index (κ2) is 6.23. The second-order valence-electron chi connectivity index (χ2n) is 5.65. The van der Waals surface area contributed by atoms with Gasteiger partial charge in [-0.1, -0.05) is 23.3 Å². The lowest BCUT2D eigenvalue weighted by Crippen LogP contribution is -1.99. The molecule has 25 heavy (non-hydrogen) atoms. The van der Waals surface area contributed by atoms with E-state index in [2.05, 4.69) is 25.7 Å². The maximum absolute atomic E-state index is 13.2. The summed E-state index contributed by atoms with van der Waals surface area (Å²) in [4.78, 5) is 0. The van der Waals surface area contributed by atoms with E-state index in [0.29, 0.717) is 30.7 Å². The van der Waals surface area contributed by atoms with Gasteiger partial charge >= 0.3 is 6.01 Å². The van der Waals surface area contributed by atoms with Crippen LogP contribution in [-0.2, 0) is 13.0 Å². The van der Waals surface area contributed by atoms with E-state index in [0.717, 1.165) is 22.0 Å². The first-order valence-corrected chi connectivity index (χ1v) is 7.70. The van der Waals surface area contributed by atoms with Gasteiger partial charge in [0.2, 0.25) is 5.89 Å². The van der Waals surface area contributed by atoms with Crippen LogP contribution in [0.25, 0.3) is 10.9 Å². The van der Waals surface area contributed by atoms with Crippen LogP contribution >= 0.6 is 0 Å². The van der Waals surface area contributed by atoms with Crippen LogP contribution in [0.15, 0.2) is 46.9 Å². The topological polar surface area (TPSA) is 106 Å². The summed E-state index contributed by atoms with van der Waals surface area (Å²) in [5, 5.41) is 18.7. The maximum Gasteiger partial charge on any atom is 0.315 e. The van der Waals surface area contributed by atoms with Gasteiger partial charge in [0, 0.05) is 11.9 Å². The number of halogens is 1. The number of nitrogens with one attached hydrogen (secondary N) is 2. The van der Waals surface area contributed by atoms with Crippen LogP contribution in [0.2, 0.25) is 0 Å². The quantitative estimate of drug-likeness (QED) is 0.517. The molecule has 0 saturated heterocycles. The van der Waals surface area contributed by atoms with Gasteiger partial charge in [0.25, 0.3) is 0 Å². The maximum atomic E-state index is 13.2. The normalized spacial score (nSPS) is 11.1. The third-order valence-electron chi connectivity index (χ3n) is 3.81. The monoisotopic (exact) mass is 338 g/mol. The summed E-state index contributed by atoms with van der Waals surface area (Å²) in [5.74, 6) is 0.655. The Bertz CT molecular complexity index is 1020. The van der Waals surface area contributed by atoms with Crippen molar-refractivity contribution in [2.24, 2.45) is 0 Å². The second-order valence-corrected chi connectivity index (χ2v) is 5.65. The standard InChI is InChI=1S/C17H15FN6O/c18-12-3-1-2-11(6-12)9-20-17-24-22-15(25-17)8-10-4-5-14-13(7-10)16(19)23-21-14/h1-7H,8-9H2,(H,20,24)(H3,19,21,23). The van der Waals surface area contributed by atoms with Crippen molar-refractivity contribution in [3.8, 4) is 0 Å². The smallest absolute Gasteiger partial charge is 0.315 e. The van der Waals surface area contributed by atoms with Gasteiger partial charge < -0.3 is 15.5 Å². The van der Waals surface area contributed by atoms with Gasteiger partial charge in [0.1, 0.15) is 5.82 Å². The molecule has 7 nitrogen and oxygen atoms in total. The van der Waals surface area contributed by atoms with E-state index in [1.54, 1.807) is 6.07 Å². The minimum atomic E-state index is -0.278. The predicted octanol–water partition coefficient (Wildman–Crippen LogP) is 2.87. The Hall–Kier alpha value is -3.42. The van der Waals surface area contributed by atoms with E-state index in [9.17, 15) is 4.39 Å². The van der Waals surface area contributed by atoms with Crippen molar-refractivity contribution in [3.05, 3.63) is 65.3 Å². The van der Waals surface area contributed by atoms with E-state index < -0.39 is 0 Å². The minimum Gasteiger partial charge on any atom is -0.408 e. The fourth-order valence-corrected chi connectivity index (χ4v) is 2.59. The molecule has 2 heterocycles. The van der Waals surface area contributed by atoms with Gasteiger partial charge in [-0.3, -0.25) is 5.10 Å². The van der Waals surface area contributed by atoms with Crippen LogP contribution in [0, 0.1) is 5.82 Å². The van der Waals surface area contributed by atoms with Crippen molar-refractivity contribution in [1.82, 2.24) is 20.4 Å². The molecule has 0 aliphatic carbocycles. The summed E-state index contributed by atoms with van der Waals surface area (Å²) >= 11 is 0. The molecule has 8 heteroatoms. The lowest BCUT2D eigenvalue weighted by Gasteiger charge is -2.01. The highest BCUT2D eigenvalue weighted by atomic mass is 19.1. The summed E-state index contributed by atoms with van der Waals surface area (Å²) in [7, 11) is 0. The number of aromatic amines is 1. The molecule has 4 N–H and O–H groups in total. The van der Waals surface area contributed by atoms with Gasteiger partial charge in [-0.2, -0.15) is 5.10 Å². The SMILES string of the molecule is Nc1n[nH]c2ccc(Cc3nnc(NCc4cccc(F)c4)o3)cc12. The zero-order valence-electron chi connectivity index (χ0n) is 13.2. The highest BCUT2D eigenvalue weighted by Crippen LogP contribution is 2.21. The number of nitrogens with two attached hydrogens (primary N) is 1. The number of rotatable bonds is 5. The lowest BCUT2D eigenvalue weighted by atomic mass is 10.1. The molecule has 4 aromatic rings. The number of benzene rings is 2. The molecule has 0 aliphatic rings. The van der Waals surface area contributed by atoms with E-state index in [1.807, 2.05) is 24.3 Å². The number of aromatic nitrogens is 4. The van der Waals surface area contributed by atoms with Crippen LogP contribution in [-0.4, -0.2) is 20.4 Å². The predicted molar refractivity (Wildman–Crippen MR) is 91.3 cm³/mol. The summed E-state index contributed by atoms with van der Waals surface area (Å²) in [6.07, 6.45) is 0.481. The van der Waals surface area contributed by atoms with E-state index >= 15 is 0 Å². The molecule has 0 saturated carbocycles. The number of H-pyrrole nitrogens is 1. The fourth-order valence-electron chi connectivity index (χ4n) is 2.59. The summed E-state index contributed by atoms with van der Waals surface area (Å²) < 4.78 is 18.7. The third-order valence-corrected chi connectivity index (χ3v) is 3.81. The largest absolute Gasteiger partial charge is 0.408 e. The molecule has 0 fully saturated rings. The Morgan fingerprint density at radius 1 is 1.12 bits per heavy atom. The molecule has 0 spiro atoms. The first-order chi connectivity index (χ1) is 12.2. The van der Waals surface area contributed by atoms with Crippen molar-refractivity contribution >= 4 is 22.7 Å². The average Bonchev–Trinajstić information content (AvgIpc) is 3.20. The van der Waals surface area contributed by atoms with Crippen LogP contribution in [0.1, 0.15) is 17.0 Å². The zero-order chi connectivity index (χ0) is 17.2. The van der Waals surface area contributed by atoms with E-state index in [-0.39, 0.29) is 5.82 Å². The molecule has 2 aromatic carbocycles. The van der Waals surface area contributed by atoms with Crippen molar-refractivity contribution in [2.45, 2.75) is 13.0 Å². The zero-order valence-corrected chi connectivity index (χ0v) is 13.2. The van der Waals surface area contributed by atoms with Crippen LogP contribution in [0.4, 0.5) is 16.2 Å². The third kappa shape index (κ3) is 3.27. The Morgan fingerprint density at radius 3 is 2.92 bits per heavy atom. The number of nitrogen functional groups attached to an aromatic ring is 1. The summed E-state index contributed by atoms with van der Waals surface area (Å²) in [6.45, 7) is 0.400. The molecule has 0 atom stereocenters. The Labute approximate surface area is 142 Å². The fraction of sp³-hybridized carbons (Fsp3) is 0.118. The Morgan fingerprint density at radius 2 is 2.04 bits per heavy atom. The van der Waals surface area contributed by atoms with Crippen LogP contribution in [0.3, 0.4) is 0 Å². The van der Waals surface area contributed by atoms with Gasteiger partial charge in [-0.25, -0.2) is 4.39 Å². The van der Waals surface area contributed by atoms with Crippen molar-refractivity contribution < 1.29 is 8.81 Å². The summed E-state index contributed by atoms with van der Waals surface area (Å²) in [5.41, 5.74) is 8.48. The molecular weight excluding hydrogens is 323 g/mol. The van der Waals surface area contributed by atoms with E-state index in [1.165, 1.54) is 12.1 Å². The van der Waals surface area contributed by atoms with Gasteiger partial charge in [-0.05, 0) is 35.4 Å². The highest BCUT2D eigenvalue weighted by Gasteiger charge is 2.09. The molecule has 0 unspecified atom stereocenters. The highest BCUT2D eigenvalue weighted by molar-refractivity contribution is 5.89. The molecule has 0 amide bonds. The van der Waals surface area contributed by atoms with Crippen molar-refractivity contribution in [1.29, 1.82) is 0 Å². The average molecular weight is 338 g/mol. The molecular formula is C17H15FN6O. The molecule has 4 rings (SSSR count). The summed E-state index contributed by atoms with van der Waals surface area (Å²) in [6, 6.07) is 12.4. The van der Waals surface area contributed by atoms with Gasteiger partial charge in [0.15, 0.2) is 5.82 Å².